The highest BCUT2D eigenvalue weighted by atomic mass is 35.5. The molecule has 0 saturated carbocycles. The first-order valence-corrected chi connectivity index (χ1v) is 9.23. The van der Waals surface area contributed by atoms with E-state index in [4.69, 9.17) is 20.9 Å². The van der Waals surface area contributed by atoms with Crippen LogP contribution in [0.2, 0.25) is 5.02 Å². The number of rotatable bonds is 3. The molecule has 5 nitrogen and oxygen atoms in total. The average Bonchev–Trinajstić information content (AvgIpc) is 2.52. The highest BCUT2D eigenvalue weighted by molar-refractivity contribution is 7.92. The lowest BCUT2D eigenvalue weighted by Crippen LogP contribution is -2.41. The Morgan fingerprint density at radius 2 is 1.64 bits per heavy atom. The molecule has 1 fully saturated rings. The summed E-state index contributed by atoms with van der Waals surface area (Å²) in [6, 6.07) is 3.49. The van der Waals surface area contributed by atoms with Gasteiger partial charge in [-0.2, -0.15) is 0 Å². The smallest absolute Gasteiger partial charge is 0.399 e. The topological polar surface area (TPSA) is 64.6 Å². The molecular formula is C14H21BClNO4S. The SMILES string of the molecule is Cc1cc(B2OC(C)(C)C(C)(C)O2)cc(Cl)c1NS(C)(=O)=O. The molecular weight excluding hydrogens is 324 g/mol. The zero-order valence-electron chi connectivity index (χ0n) is 13.7. The summed E-state index contributed by atoms with van der Waals surface area (Å²) < 4.78 is 37.2. The third-order valence-electron chi connectivity index (χ3n) is 4.12. The van der Waals surface area contributed by atoms with Gasteiger partial charge in [-0.3, -0.25) is 4.72 Å². The molecule has 0 spiro atoms. The molecule has 1 aromatic rings. The Balaban J connectivity index is 2.36. The van der Waals surface area contributed by atoms with Crippen molar-refractivity contribution < 1.29 is 17.7 Å². The molecule has 1 aliphatic rings. The van der Waals surface area contributed by atoms with Gasteiger partial charge in [0.2, 0.25) is 10.0 Å². The number of halogens is 1. The second-order valence-corrected chi connectivity index (χ2v) is 8.81. The lowest BCUT2D eigenvalue weighted by Gasteiger charge is -2.32. The van der Waals surface area contributed by atoms with Gasteiger partial charge in [-0.1, -0.05) is 17.7 Å². The van der Waals surface area contributed by atoms with Gasteiger partial charge in [-0.25, -0.2) is 8.42 Å². The molecule has 1 saturated heterocycles. The summed E-state index contributed by atoms with van der Waals surface area (Å²) in [5.74, 6) is 0. The van der Waals surface area contributed by atoms with E-state index >= 15 is 0 Å². The largest absolute Gasteiger partial charge is 0.494 e. The van der Waals surface area contributed by atoms with Gasteiger partial charge in [0, 0.05) is 0 Å². The molecule has 122 valence electrons. The van der Waals surface area contributed by atoms with Crippen LogP contribution in [0.3, 0.4) is 0 Å². The van der Waals surface area contributed by atoms with Gasteiger partial charge in [0.25, 0.3) is 0 Å². The Morgan fingerprint density at radius 3 is 2.05 bits per heavy atom. The van der Waals surface area contributed by atoms with E-state index in [1.807, 2.05) is 33.8 Å². The van der Waals surface area contributed by atoms with E-state index < -0.39 is 28.3 Å². The van der Waals surface area contributed by atoms with Crippen LogP contribution < -0.4 is 10.2 Å². The predicted octanol–water partition coefficient (Wildman–Crippen LogP) is 2.32. The first-order chi connectivity index (χ1) is 9.82. The minimum absolute atomic E-state index is 0.315. The van der Waals surface area contributed by atoms with Crippen molar-refractivity contribution in [2.45, 2.75) is 45.8 Å². The van der Waals surface area contributed by atoms with Gasteiger partial charge in [-0.05, 0) is 51.7 Å². The molecule has 0 atom stereocenters. The number of sulfonamides is 1. The molecule has 0 radical (unpaired) electrons. The van der Waals surface area contributed by atoms with Gasteiger partial charge >= 0.3 is 7.12 Å². The minimum Gasteiger partial charge on any atom is -0.399 e. The van der Waals surface area contributed by atoms with Gasteiger partial charge in [0.05, 0.1) is 28.2 Å². The number of aryl methyl sites for hydroxylation is 1. The third-order valence-corrected chi connectivity index (χ3v) is 5.00. The van der Waals surface area contributed by atoms with E-state index in [2.05, 4.69) is 4.72 Å². The normalized spacial score (nSPS) is 20.2. The van der Waals surface area contributed by atoms with Crippen molar-refractivity contribution in [2.75, 3.05) is 11.0 Å². The van der Waals surface area contributed by atoms with E-state index in [9.17, 15) is 8.42 Å². The Labute approximate surface area is 137 Å². The van der Waals surface area contributed by atoms with Crippen molar-refractivity contribution in [3.8, 4) is 0 Å². The molecule has 0 bridgehead atoms. The maximum absolute atomic E-state index is 11.4. The number of hydrogen-bond donors (Lipinski definition) is 1. The van der Waals surface area contributed by atoms with Gasteiger partial charge in [0.1, 0.15) is 0 Å². The van der Waals surface area contributed by atoms with Crippen LogP contribution in [0.25, 0.3) is 0 Å². The highest BCUT2D eigenvalue weighted by Gasteiger charge is 2.51. The van der Waals surface area contributed by atoms with Crippen LogP contribution in [-0.2, 0) is 19.3 Å². The molecule has 8 heteroatoms. The third kappa shape index (κ3) is 3.43. The second kappa shape index (κ2) is 5.41. The van der Waals surface area contributed by atoms with E-state index in [1.54, 1.807) is 13.0 Å². The molecule has 0 aromatic heterocycles. The summed E-state index contributed by atoms with van der Waals surface area (Å²) >= 11 is 6.22. The molecule has 1 heterocycles. The molecule has 2 rings (SSSR count). The summed E-state index contributed by atoms with van der Waals surface area (Å²) in [5, 5.41) is 0.315. The molecule has 0 amide bonds. The minimum atomic E-state index is -3.39. The molecule has 22 heavy (non-hydrogen) atoms. The van der Waals surface area contributed by atoms with Crippen LogP contribution in [0.15, 0.2) is 12.1 Å². The monoisotopic (exact) mass is 345 g/mol. The van der Waals surface area contributed by atoms with Crippen LogP contribution in [0, 0.1) is 6.92 Å². The summed E-state index contributed by atoms with van der Waals surface area (Å²) in [7, 11) is -3.92. The fraction of sp³-hybridized carbons (Fsp3) is 0.571. The highest BCUT2D eigenvalue weighted by Crippen LogP contribution is 2.37. The van der Waals surface area contributed by atoms with E-state index in [0.29, 0.717) is 16.3 Å². The second-order valence-electron chi connectivity index (χ2n) is 6.66. The quantitative estimate of drug-likeness (QED) is 0.854. The molecule has 0 aliphatic carbocycles. The van der Waals surface area contributed by atoms with Crippen molar-refractivity contribution >= 4 is 39.9 Å². The molecule has 1 N–H and O–H groups in total. The maximum Gasteiger partial charge on any atom is 0.494 e. The van der Waals surface area contributed by atoms with Crippen LogP contribution in [0.1, 0.15) is 33.3 Å². The van der Waals surface area contributed by atoms with Gasteiger partial charge in [-0.15, -0.1) is 0 Å². The van der Waals surface area contributed by atoms with Crippen molar-refractivity contribution in [1.29, 1.82) is 0 Å². The fourth-order valence-electron chi connectivity index (χ4n) is 2.20. The summed E-state index contributed by atoms with van der Waals surface area (Å²) in [6.45, 7) is 9.68. The zero-order chi connectivity index (χ0) is 16.9. The van der Waals surface area contributed by atoms with Crippen molar-refractivity contribution in [1.82, 2.24) is 0 Å². The lowest BCUT2D eigenvalue weighted by atomic mass is 9.78. The zero-order valence-corrected chi connectivity index (χ0v) is 15.2. The Kier molecular flexibility index (Phi) is 4.32. The maximum atomic E-state index is 11.4. The van der Waals surface area contributed by atoms with Crippen LogP contribution in [0.5, 0.6) is 0 Å². The predicted molar refractivity (Wildman–Crippen MR) is 90.4 cm³/mol. The number of hydrogen-bond acceptors (Lipinski definition) is 4. The first-order valence-electron chi connectivity index (χ1n) is 6.96. The molecule has 1 aromatic carbocycles. The standard InChI is InChI=1S/C14H21BClNO4S/c1-9-7-10(8-11(16)12(9)17-22(6,18)19)15-20-13(2,3)14(4,5)21-15/h7-8,17H,1-6H3. The van der Waals surface area contributed by atoms with Crippen molar-refractivity contribution in [3.63, 3.8) is 0 Å². The summed E-state index contributed by atoms with van der Waals surface area (Å²) in [6.07, 6.45) is 1.09. The summed E-state index contributed by atoms with van der Waals surface area (Å²) in [5.41, 5.74) is 0.968. The molecule has 1 aliphatic heterocycles. The van der Waals surface area contributed by atoms with Crippen molar-refractivity contribution in [3.05, 3.63) is 22.7 Å². The van der Waals surface area contributed by atoms with Crippen LogP contribution in [-0.4, -0.2) is 33.0 Å². The average molecular weight is 346 g/mol. The Hall–Kier alpha value is -0.755. The summed E-state index contributed by atoms with van der Waals surface area (Å²) in [4.78, 5) is 0. The van der Waals surface area contributed by atoms with Gasteiger partial charge < -0.3 is 9.31 Å². The van der Waals surface area contributed by atoms with Gasteiger partial charge in [0.15, 0.2) is 0 Å². The van der Waals surface area contributed by atoms with E-state index in [0.717, 1.165) is 11.7 Å². The Morgan fingerprint density at radius 1 is 1.14 bits per heavy atom. The van der Waals surface area contributed by atoms with Crippen LogP contribution >= 0.6 is 11.6 Å². The fourth-order valence-corrected chi connectivity index (χ4v) is 3.22. The number of anilines is 1. The van der Waals surface area contributed by atoms with E-state index in [-0.39, 0.29) is 0 Å². The number of nitrogens with one attached hydrogen (secondary N) is 1. The molecule has 0 unspecified atom stereocenters. The van der Waals surface area contributed by atoms with E-state index in [1.165, 1.54) is 0 Å². The number of benzene rings is 1. The lowest BCUT2D eigenvalue weighted by molar-refractivity contribution is 0.00578. The van der Waals surface area contributed by atoms with Crippen LogP contribution in [0.4, 0.5) is 5.69 Å². The van der Waals surface area contributed by atoms with Crippen molar-refractivity contribution in [2.24, 2.45) is 0 Å². The first kappa shape index (κ1) is 17.6. The Bertz CT molecular complexity index is 664.